The number of fused-ring (bicyclic) bond motifs is 1. The molecular formula is C17H19N5O5. The van der Waals surface area contributed by atoms with Gasteiger partial charge in [0.2, 0.25) is 5.95 Å². The number of hydrogen-bond donors (Lipinski definition) is 5. The molecule has 1 fully saturated rings. The van der Waals surface area contributed by atoms with Crippen LogP contribution in [0.15, 0.2) is 41.5 Å². The Labute approximate surface area is 153 Å². The second-order valence-corrected chi connectivity index (χ2v) is 6.28. The van der Waals surface area contributed by atoms with Crippen LogP contribution in [0, 0.1) is 0 Å². The summed E-state index contributed by atoms with van der Waals surface area (Å²) in [5, 5.41) is 32.9. The molecule has 1 aromatic carbocycles. The fraction of sp³-hybridized carbons (Fsp3) is 0.353. The average molecular weight is 373 g/mol. The molecule has 5 N–H and O–H groups in total. The highest BCUT2D eigenvalue weighted by Crippen LogP contribution is 2.33. The average Bonchev–Trinajstić information content (AvgIpc) is 3.19. The fourth-order valence-electron chi connectivity index (χ4n) is 3.16. The van der Waals surface area contributed by atoms with Gasteiger partial charge in [-0.3, -0.25) is 9.36 Å². The van der Waals surface area contributed by atoms with Gasteiger partial charge in [-0.25, -0.2) is 9.97 Å². The van der Waals surface area contributed by atoms with Crippen LogP contribution in [0.25, 0.3) is 11.2 Å². The van der Waals surface area contributed by atoms with Gasteiger partial charge in [-0.2, -0.15) is 0 Å². The summed E-state index contributed by atoms with van der Waals surface area (Å²) in [6, 6.07) is 9.56. The van der Waals surface area contributed by atoms with Crippen molar-refractivity contribution in [1.82, 2.24) is 19.5 Å². The van der Waals surface area contributed by atoms with Crippen molar-refractivity contribution >= 4 is 17.1 Å². The fourth-order valence-corrected chi connectivity index (χ4v) is 3.16. The second kappa shape index (κ2) is 7.08. The van der Waals surface area contributed by atoms with Crippen molar-refractivity contribution in [3.63, 3.8) is 0 Å². The van der Waals surface area contributed by atoms with Gasteiger partial charge in [0.05, 0.1) is 12.9 Å². The Hall–Kier alpha value is -2.79. The Bertz CT molecular complexity index is 988. The third-order valence-electron chi connectivity index (χ3n) is 4.55. The number of nitrogens with one attached hydrogen (secondary N) is 2. The predicted octanol–water partition coefficient (Wildman–Crippen LogP) is -0.657. The highest BCUT2D eigenvalue weighted by molar-refractivity contribution is 5.73. The molecule has 1 aliphatic rings. The zero-order chi connectivity index (χ0) is 19.0. The van der Waals surface area contributed by atoms with Gasteiger partial charge < -0.3 is 30.4 Å². The van der Waals surface area contributed by atoms with Crippen molar-refractivity contribution < 1.29 is 20.1 Å². The van der Waals surface area contributed by atoms with E-state index in [2.05, 4.69) is 20.3 Å². The Balaban J connectivity index is 1.76. The molecule has 3 heterocycles. The molecule has 0 bridgehead atoms. The minimum Gasteiger partial charge on any atom is -0.394 e. The van der Waals surface area contributed by atoms with Gasteiger partial charge in [-0.05, 0) is 5.56 Å². The molecule has 0 amide bonds. The van der Waals surface area contributed by atoms with Gasteiger partial charge in [0, 0.05) is 6.54 Å². The monoisotopic (exact) mass is 373 g/mol. The standard InChI is InChI=1S/C17H19N5O5/c23-7-10-12(24)13(25)16(27-10)22-14-11(15(26)20-8-19-14)21-17(22)18-6-9-4-2-1-3-5-9/h1-5,8,10,12-13,16,23-25H,6-7H2,(H,18,21)(H,19,20,26)/t10-,12-,13-,16?/m0/s1. The number of ether oxygens (including phenoxy) is 1. The SMILES string of the molecule is O=c1[nH]cnc2c1nc(NCc1ccccc1)n2C1O[C@@H](CO)[C@H](O)[C@@H]1O. The summed E-state index contributed by atoms with van der Waals surface area (Å²) in [7, 11) is 0. The van der Waals surface area contributed by atoms with Crippen molar-refractivity contribution in [2.45, 2.75) is 31.1 Å². The minimum absolute atomic E-state index is 0.0748. The summed E-state index contributed by atoms with van der Waals surface area (Å²) >= 11 is 0. The minimum atomic E-state index is -1.32. The topological polar surface area (TPSA) is 146 Å². The van der Waals surface area contributed by atoms with E-state index in [-0.39, 0.29) is 17.1 Å². The molecule has 1 unspecified atom stereocenters. The maximum atomic E-state index is 12.1. The van der Waals surface area contributed by atoms with Crippen LogP contribution in [0.1, 0.15) is 11.8 Å². The van der Waals surface area contributed by atoms with Gasteiger partial charge in [0.1, 0.15) is 18.3 Å². The third kappa shape index (κ3) is 3.08. The highest BCUT2D eigenvalue weighted by atomic mass is 16.6. The lowest BCUT2D eigenvalue weighted by Crippen LogP contribution is -2.33. The maximum absolute atomic E-state index is 12.1. The number of benzene rings is 1. The summed E-state index contributed by atoms with van der Waals surface area (Å²) in [6.07, 6.45) is -3.38. The Kier molecular flexibility index (Phi) is 4.62. The summed E-state index contributed by atoms with van der Waals surface area (Å²) in [5.41, 5.74) is 0.822. The number of aromatic nitrogens is 4. The first-order valence-corrected chi connectivity index (χ1v) is 8.46. The van der Waals surface area contributed by atoms with E-state index in [1.54, 1.807) is 0 Å². The van der Waals surface area contributed by atoms with E-state index in [0.717, 1.165) is 5.56 Å². The summed E-state index contributed by atoms with van der Waals surface area (Å²) < 4.78 is 7.03. The van der Waals surface area contributed by atoms with E-state index in [4.69, 9.17) is 4.74 Å². The first kappa shape index (κ1) is 17.6. The van der Waals surface area contributed by atoms with Gasteiger partial charge >= 0.3 is 0 Å². The normalized spacial score (nSPS) is 25.1. The van der Waals surface area contributed by atoms with Crippen LogP contribution < -0.4 is 10.9 Å². The molecule has 10 heteroatoms. The van der Waals surface area contributed by atoms with Crippen molar-refractivity contribution in [3.8, 4) is 0 Å². The summed E-state index contributed by atoms with van der Waals surface area (Å²) in [5.74, 6) is 0.257. The lowest BCUT2D eigenvalue weighted by Gasteiger charge is -2.19. The zero-order valence-electron chi connectivity index (χ0n) is 14.2. The molecule has 4 atom stereocenters. The molecule has 142 valence electrons. The molecule has 2 aromatic heterocycles. The van der Waals surface area contributed by atoms with Crippen LogP contribution in [0.4, 0.5) is 5.95 Å². The molecule has 0 spiro atoms. The number of nitrogens with zero attached hydrogens (tertiary/aromatic N) is 3. The Morgan fingerprint density at radius 1 is 1.22 bits per heavy atom. The molecular weight excluding hydrogens is 354 g/mol. The molecule has 0 saturated carbocycles. The van der Waals surface area contributed by atoms with Crippen LogP contribution in [0.3, 0.4) is 0 Å². The second-order valence-electron chi connectivity index (χ2n) is 6.28. The van der Waals surface area contributed by atoms with Crippen LogP contribution in [0.2, 0.25) is 0 Å². The smallest absolute Gasteiger partial charge is 0.278 e. The summed E-state index contributed by atoms with van der Waals surface area (Å²) in [6.45, 7) is -0.0426. The summed E-state index contributed by atoms with van der Waals surface area (Å²) in [4.78, 5) is 23.0. The van der Waals surface area contributed by atoms with Crippen LogP contribution in [-0.4, -0.2) is 59.8 Å². The first-order valence-electron chi connectivity index (χ1n) is 8.46. The van der Waals surface area contributed by atoms with Crippen molar-refractivity contribution in [1.29, 1.82) is 0 Å². The molecule has 3 aromatic rings. The lowest BCUT2D eigenvalue weighted by molar-refractivity contribution is -0.0501. The molecule has 4 rings (SSSR count). The van der Waals surface area contributed by atoms with Gasteiger partial charge in [0.25, 0.3) is 5.56 Å². The van der Waals surface area contributed by atoms with E-state index in [1.807, 2.05) is 30.3 Å². The van der Waals surface area contributed by atoms with E-state index in [9.17, 15) is 20.1 Å². The lowest BCUT2D eigenvalue weighted by atomic mass is 10.1. The molecule has 0 aliphatic carbocycles. The number of aliphatic hydroxyl groups excluding tert-OH is 3. The van der Waals surface area contributed by atoms with Crippen molar-refractivity contribution in [3.05, 3.63) is 52.6 Å². The highest BCUT2D eigenvalue weighted by Gasteiger charge is 2.45. The van der Waals surface area contributed by atoms with Gasteiger partial charge in [-0.1, -0.05) is 30.3 Å². The molecule has 1 aliphatic heterocycles. The number of anilines is 1. The molecule has 1 saturated heterocycles. The van der Waals surface area contributed by atoms with Crippen molar-refractivity contribution in [2.75, 3.05) is 11.9 Å². The number of aliphatic hydroxyl groups is 3. The number of H-pyrrole nitrogens is 1. The third-order valence-corrected chi connectivity index (χ3v) is 4.55. The van der Waals surface area contributed by atoms with Crippen molar-refractivity contribution in [2.24, 2.45) is 0 Å². The first-order chi connectivity index (χ1) is 13.1. The maximum Gasteiger partial charge on any atom is 0.278 e. The largest absolute Gasteiger partial charge is 0.394 e. The number of aromatic amines is 1. The Morgan fingerprint density at radius 2 is 2.00 bits per heavy atom. The van der Waals surface area contributed by atoms with E-state index in [1.165, 1.54) is 10.9 Å². The predicted molar refractivity (Wildman–Crippen MR) is 94.9 cm³/mol. The number of hydrogen-bond acceptors (Lipinski definition) is 8. The number of rotatable bonds is 5. The zero-order valence-corrected chi connectivity index (χ0v) is 14.2. The molecule has 10 nitrogen and oxygen atoms in total. The molecule has 27 heavy (non-hydrogen) atoms. The van der Waals surface area contributed by atoms with Gasteiger partial charge in [0.15, 0.2) is 17.4 Å². The van der Waals surface area contributed by atoms with Gasteiger partial charge in [-0.15, -0.1) is 0 Å². The van der Waals surface area contributed by atoms with Crippen LogP contribution in [0.5, 0.6) is 0 Å². The Morgan fingerprint density at radius 3 is 2.70 bits per heavy atom. The molecule has 0 radical (unpaired) electrons. The van der Waals surface area contributed by atoms with Crippen LogP contribution in [-0.2, 0) is 11.3 Å². The van der Waals surface area contributed by atoms with E-state index < -0.39 is 36.7 Å². The number of imidazole rings is 1. The quantitative estimate of drug-likeness (QED) is 0.396. The van der Waals surface area contributed by atoms with E-state index >= 15 is 0 Å². The van der Waals surface area contributed by atoms with E-state index in [0.29, 0.717) is 6.54 Å². The van der Waals surface area contributed by atoms with Crippen LogP contribution >= 0.6 is 0 Å².